The van der Waals surface area contributed by atoms with Crippen LogP contribution in [0.5, 0.6) is 0 Å². The summed E-state index contributed by atoms with van der Waals surface area (Å²) in [5.41, 5.74) is 4.91. The molecule has 5 heteroatoms. The summed E-state index contributed by atoms with van der Waals surface area (Å²) < 4.78 is 4.59. The fourth-order valence-corrected chi connectivity index (χ4v) is 0.958. The van der Waals surface area contributed by atoms with Crippen molar-refractivity contribution >= 4 is 23.8 Å². The number of hydrogen-bond donors (Lipinski definition) is 2. The summed E-state index contributed by atoms with van der Waals surface area (Å²) in [4.78, 5) is 10.4. The van der Waals surface area contributed by atoms with Gasteiger partial charge >= 0.3 is 0 Å². The highest BCUT2D eigenvalue weighted by Crippen LogP contribution is 2.05. The van der Waals surface area contributed by atoms with E-state index in [9.17, 15) is 4.79 Å². The van der Waals surface area contributed by atoms with Gasteiger partial charge in [0.2, 0.25) is 0 Å². The average molecular weight is 176 g/mol. The minimum atomic E-state index is -0.294. The van der Waals surface area contributed by atoms with Gasteiger partial charge in [0.05, 0.1) is 12.0 Å². The monoisotopic (exact) mass is 176 g/mol. The topological polar surface area (TPSA) is 76.2 Å². The maximum atomic E-state index is 10.4. The Morgan fingerprint density at radius 1 is 1.73 bits per heavy atom. The first-order valence-electron chi connectivity index (χ1n) is 3.26. The van der Waals surface area contributed by atoms with Crippen molar-refractivity contribution in [2.24, 2.45) is 5.73 Å². The van der Waals surface area contributed by atoms with E-state index < -0.39 is 0 Å². The summed E-state index contributed by atoms with van der Waals surface area (Å²) in [6.45, 7) is 1.55. The largest absolute Gasteiger partial charge is 0.391 e. The normalized spacial score (nSPS) is 9.18. The van der Waals surface area contributed by atoms with E-state index in [4.69, 9.17) is 11.1 Å². The van der Waals surface area contributed by atoms with Crippen molar-refractivity contribution in [2.75, 3.05) is 5.75 Å². The van der Waals surface area contributed by atoms with Crippen molar-refractivity contribution in [3.63, 3.8) is 0 Å². The molecule has 0 aromatic rings. The summed E-state index contributed by atoms with van der Waals surface area (Å²) in [6, 6.07) is -0.294. The molecule has 0 fully saturated rings. The number of nitrogens with one attached hydrogen (secondary N) is 1. The van der Waals surface area contributed by atoms with Crippen molar-refractivity contribution < 1.29 is 8.98 Å². The Kier molecular flexibility index (Phi) is 5.64. The molecule has 0 aliphatic heterocycles. The molecule has 0 rings (SSSR count). The van der Waals surface area contributed by atoms with Gasteiger partial charge in [-0.3, -0.25) is 5.41 Å². The van der Waals surface area contributed by atoms with Crippen molar-refractivity contribution in [2.45, 2.75) is 19.8 Å². The number of nitrogens with two attached hydrogens (primary N) is 1. The highest BCUT2D eigenvalue weighted by molar-refractivity contribution is 7.95. The molecule has 0 aliphatic rings. The van der Waals surface area contributed by atoms with E-state index in [-0.39, 0.29) is 11.8 Å². The second-order valence-corrected chi connectivity index (χ2v) is 2.89. The van der Waals surface area contributed by atoms with E-state index in [2.05, 4.69) is 4.18 Å². The van der Waals surface area contributed by atoms with Gasteiger partial charge in [0, 0.05) is 12.2 Å². The fourth-order valence-electron chi connectivity index (χ4n) is 0.485. The number of ketones is 1. The quantitative estimate of drug-likeness (QED) is 0.282. The lowest BCUT2D eigenvalue weighted by Gasteiger charge is -1.98. The zero-order valence-corrected chi connectivity index (χ0v) is 7.24. The Morgan fingerprint density at radius 2 is 2.36 bits per heavy atom. The van der Waals surface area contributed by atoms with E-state index in [0.717, 1.165) is 18.5 Å². The van der Waals surface area contributed by atoms with Crippen molar-refractivity contribution in [3.8, 4) is 0 Å². The van der Waals surface area contributed by atoms with Gasteiger partial charge in [0.25, 0.3) is 6.02 Å². The minimum Gasteiger partial charge on any atom is -0.391 e. The Balaban J connectivity index is 3.03. The van der Waals surface area contributed by atoms with Crippen LogP contribution in [0.15, 0.2) is 0 Å². The molecule has 0 aromatic heterocycles. The summed E-state index contributed by atoms with van der Waals surface area (Å²) >= 11 is 1.10. The van der Waals surface area contributed by atoms with Crippen LogP contribution in [0.25, 0.3) is 0 Å². The molecule has 0 unspecified atom stereocenters. The van der Waals surface area contributed by atoms with Gasteiger partial charge in [-0.1, -0.05) is 0 Å². The standard InChI is InChI=1S/C6H12N2O2S/c1-5(9)3-2-4-11-10-6(7)8/h2-4H2,1H3,(H3,7,8). The Hall–Kier alpha value is -0.710. The number of rotatable bonds is 5. The van der Waals surface area contributed by atoms with Crippen LogP contribution in [0.3, 0.4) is 0 Å². The summed E-state index contributed by atoms with van der Waals surface area (Å²) in [6.07, 6.45) is 1.33. The predicted octanol–water partition coefficient (Wildman–Crippen LogP) is 0.914. The van der Waals surface area contributed by atoms with E-state index >= 15 is 0 Å². The molecule has 64 valence electrons. The van der Waals surface area contributed by atoms with Gasteiger partial charge < -0.3 is 14.7 Å². The van der Waals surface area contributed by atoms with Crippen LogP contribution in [-0.4, -0.2) is 17.6 Å². The third-order valence-electron chi connectivity index (χ3n) is 0.905. The van der Waals surface area contributed by atoms with Crippen LogP contribution >= 0.6 is 12.0 Å². The van der Waals surface area contributed by atoms with Crippen molar-refractivity contribution in [3.05, 3.63) is 0 Å². The molecule has 0 bridgehead atoms. The summed E-state index contributed by atoms with van der Waals surface area (Å²) in [5, 5.41) is 6.68. The first-order chi connectivity index (χ1) is 5.13. The van der Waals surface area contributed by atoms with E-state index in [1.54, 1.807) is 6.92 Å². The third-order valence-corrected chi connectivity index (χ3v) is 1.66. The van der Waals surface area contributed by atoms with Crippen LogP contribution in [-0.2, 0) is 8.98 Å². The van der Waals surface area contributed by atoms with E-state index in [1.807, 2.05) is 0 Å². The lowest BCUT2D eigenvalue weighted by atomic mass is 10.3. The van der Waals surface area contributed by atoms with Gasteiger partial charge in [-0.15, -0.1) is 0 Å². The highest BCUT2D eigenvalue weighted by Gasteiger charge is 1.95. The molecular weight excluding hydrogens is 164 g/mol. The molecule has 11 heavy (non-hydrogen) atoms. The van der Waals surface area contributed by atoms with Gasteiger partial charge in [-0.25, -0.2) is 0 Å². The van der Waals surface area contributed by atoms with Gasteiger partial charge in [-0.05, 0) is 13.3 Å². The zero-order valence-electron chi connectivity index (χ0n) is 6.42. The lowest BCUT2D eigenvalue weighted by molar-refractivity contribution is -0.117. The maximum Gasteiger partial charge on any atom is 0.291 e. The highest BCUT2D eigenvalue weighted by atomic mass is 32.2. The molecule has 0 amide bonds. The van der Waals surface area contributed by atoms with E-state index in [1.165, 1.54) is 0 Å². The van der Waals surface area contributed by atoms with Crippen molar-refractivity contribution in [1.82, 2.24) is 0 Å². The first-order valence-corrected chi connectivity index (χ1v) is 4.17. The van der Waals surface area contributed by atoms with Crippen LogP contribution < -0.4 is 5.73 Å². The number of carbonyl (C=O) groups is 1. The minimum absolute atomic E-state index is 0.174. The molecule has 3 N–H and O–H groups in total. The molecule has 0 spiro atoms. The molecule has 0 heterocycles. The maximum absolute atomic E-state index is 10.4. The second kappa shape index (κ2) is 6.03. The Morgan fingerprint density at radius 3 is 2.82 bits per heavy atom. The first kappa shape index (κ1) is 10.3. The van der Waals surface area contributed by atoms with Gasteiger partial charge in [0.15, 0.2) is 0 Å². The van der Waals surface area contributed by atoms with Crippen LogP contribution in [0.1, 0.15) is 19.8 Å². The number of Topliss-reactive ketones (excluding diaryl/α,β-unsaturated/α-hetero) is 1. The SMILES string of the molecule is CC(=O)CCCSOC(=N)N. The number of carbonyl (C=O) groups excluding carboxylic acids is 1. The molecule has 0 saturated carbocycles. The van der Waals surface area contributed by atoms with Gasteiger partial charge in [-0.2, -0.15) is 0 Å². The third kappa shape index (κ3) is 9.29. The molecule has 0 saturated heterocycles. The number of hydrogen-bond acceptors (Lipinski definition) is 4. The Bertz CT molecular complexity index is 134. The smallest absolute Gasteiger partial charge is 0.291 e. The number of amidine groups is 1. The molecule has 0 aliphatic carbocycles. The molecule has 0 aromatic carbocycles. The average Bonchev–Trinajstić information content (AvgIpc) is 1.85. The fraction of sp³-hybridized carbons (Fsp3) is 0.667. The van der Waals surface area contributed by atoms with Gasteiger partial charge in [0.1, 0.15) is 5.78 Å². The molecular formula is C6H12N2O2S. The van der Waals surface area contributed by atoms with Crippen LogP contribution in [0.4, 0.5) is 0 Å². The predicted molar refractivity (Wildman–Crippen MR) is 45.4 cm³/mol. The molecule has 4 nitrogen and oxygen atoms in total. The summed E-state index contributed by atoms with van der Waals surface area (Å²) in [5.74, 6) is 0.868. The van der Waals surface area contributed by atoms with Crippen molar-refractivity contribution in [1.29, 1.82) is 5.41 Å². The molecule has 0 atom stereocenters. The summed E-state index contributed by atoms with van der Waals surface area (Å²) in [7, 11) is 0. The zero-order chi connectivity index (χ0) is 8.69. The second-order valence-electron chi connectivity index (χ2n) is 2.08. The van der Waals surface area contributed by atoms with Crippen LogP contribution in [0.2, 0.25) is 0 Å². The Labute approximate surface area is 70.2 Å². The van der Waals surface area contributed by atoms with Crippen LogP contribution in [0, 0.1) is 5.41 Å². The van der Waals surface area contributed by atoms with E-state index in [0.29, 0.717) is 12.2 Å². The lowest BCUT2D eigenvalue weighted by Crippen LogP contribution is -2.10. The molecule has 0 radical (unpaired) electrons.